The van der Waals surface area contributed by atoms with Crippen molar-refractivity contribution in [3.8, 4) is 5.75 Å². The number of para-hydroxylation sites is 1. The van der Waals surface area contributed by atoms with Crippen LogP contribution in [0.25, 0.3) is 0 Å². The lowest BCUT2D eigenvalue weighted by Gasteiger charge is -2.19. The first-order valence-electron chi connectivity index (χ1n) is 8.47. The van der Waals surface area contributed by atoms with Crippen molar-refractivity contribution in [2.45, 2.75) is 31.9 Å². The van der Waals surface area contributed by atoms with E-state index in [1.54, 1.807) is 36.4 Å². The molecule has 0 spiro atoms. The molecule has 1 atom stereocenters. The van der Waals surface area contributed by atoms with Crippen molar-refractivity contribution >= 4 is 11.9 Å². The molecule has 2 aromatic carbocycles. The van der Waals surface area contributed by atoms with Gasteiger partial charge in [-0.15, -0.1) is 0 Å². The Kier molecular flexibility index (Phi) is 5.33. The van der Waals surface area contributed by atoms with Crippen LogP contribution in [0, 0.1) is 0 Å². The number of hydrogen-bond donors (Lipinski definition) is 1. The summed E-state index contributed by atoms with van der Waals surface area (Å²) in [7, 11) is 0. The van der Waals surface area contributed by atoms with Crippen molar-refractivity contribution in [2.75, 3.05) is 6.61 Å². The van der Waals surface area contributed by atoms with Crippen LogP contribution in [0.15, 0.2) is 54.6 Å². The van der Waals surface area contributed by atoms with Gasteiger partial charge in [-0.25, -0.2) is 4.79 Å². The smallest absolute Gasteiger partial charge is 0.343 e. The summed E-state index contributed by atoms with van der Waals surface area (Å²) in [5.41, 5.74) is 0.951. The molecule has 0 radical (unpaired) electrons. The number of esters is 1. The number of carbonyl (C=O) groups is 2. The summed E-state index contributed by atoms with van der Waals surface area (Å²) in [6.45, 7) is 2.28. The number of benzene rings is 2. The van der Waals surface area contributed by atoms with E-state index < -0.39 is 12.1 Å². The molecule has 25 heavy (non-hydrogen) atoms. The highest BCUT2D eigenvalue weighted by molar-refractivity contribution is 5.95. The van der Waals surface area contributed by atoms with E-state index in [1.807, 2.05) is 25.1 Å². The molecule has 0 aromatic heterocycles. The van der Waals surface area contributed by atoms with E-state index in [2.05, 4.69) is 5.32 Å². The minimum absolute atomic E-state index is 0.188. The molecule has 130 valence electrons. The molecule has 1 aliphatic rings. The zero-order valence-corrected chi connectivity index (χ0v) is 14.1. The van der Waals surface area contributed by atoms with Crippen LogP contribution < -0.4 is 10.1 Å². The van der Waals surface area contributed by atoms with Crippen LogP contribution in [0.3, 0.4) is 0 Å². The van der Waals surface area contributed by atoms with E-state index in [-0.39, 0.29) is 11.9 Å². The summed E-state index contributed by atoms with van der Waals surface area (Å²) in [6, 6.07) is 16.1. The van der Waals surface area contributed by atoms with Gasteiger partial charge in [0.1, 0.15) is 11.3 Å². The third-order valence-corrected chi connectivity index (χ3v) is 3.90. The van der Waals surface area contributed by atoms with Crippen molar-refractivity contribution < 1.29 is 19.1 Å². The summed E-state index contributed by atoms with van der Waals surface area (Å²) in [4.78, 5) is 25.2. The van der Waals surface area contributed by atoms with Crippen molar-refractivity contribution in [1.82, 2.24) is 5.32 Å². The SMILES string of the molecule is CCOc1ccccc1C(=O)OC(C(=O)NC1CC1)c1ccccc1. The maximum atomic E-state index is 12.6. The average molecular weight is 339 g/mol. The first kappa shape index (κ1) is 17.0. The van der Waals surface area contributed by atoms with Gasteiger partial charge in [-0.05, 0) is 31.9 Å². The summed E-state index contributed by atoms with van der Waals surface area (Å²) in [5.74, 6) is -0.427. The molecule has 1 aliphatic carbocycles. The highest BCUT2D eigenvalue weighted by atomic mass is 16.6. The van der Waals surface area contributed by atoms with Gasteiger partial charge in [0.25, 0.3) is 5.91 Å². The largest absolute Gasteiger partial charge is 0.493 e. The lowest BCUT2D eigenvalue weighted by molar-refractivity contribution is -0.130. The Hall–Kier alpha value is -2.82. The molecule has 1 N–H and O–H groups in total. The number of amides is 1. The molecule has 0 aliphatic heterocycles. The molecular weight excluding hydrogens is 318 g/mol. The Labute approximate surface area is 147 Å². The van der Waals surface area contributed by atoms with Crippen molar-refractivity contribution in [3.05, 3.63) is 65.7 Å². The zero-order chi connectivity index (χ0) is 17.6. The fourth-order valence-electron chi connectivity index (χ4n) is 2.49. The number of rotatable bonds is 7. The van der Waals surface area contributed by atoms with Gasteiger partial charge >= 0.3 is 5.97 Å². The molecule has 2 aromatic rings. The molecule has 0 heterocycles. The first-order chi connectivity index (χ1) is 12.2. The minimum Gasteiger partial charge on any atom is -0.493 e. The fraction of sp³-hybridized carbons (Fsp3) is 0.300. The van der Waals surface area contributed by atoms with E-state index in [0.717, 1.165) is 12.8 Å². The molecule has 5 nitrogen and oxygen atoms in total. The molecule has 5 heteroatoms. The molecule has 0 saturated heterocycles. The van der Waals surface area contributed by atoms with E-state index >= 15 is 0 Å². The molecule has 3 rings (SSSR count). The van der Waals surface area contributed by atoms with Crippen LogP contribution >= 0.6 is 0 Å². The summed E-state index contributed by atoms with van der Waals surface area (Å²) >= 11 is 0. The second-order valence-electron chi connectivity index (χ2n) is 5.91. The normalized spacial score (nSPS) is 14.4. The predicted octanol–water partition coefficient (Wildman–Crippen LogP) is 3.26. The highest BCUT2D eigenvalue weighted by Gasteiger charge is 2.31. The van der Waals surface area contributed by atoms with E-state index in [4.69, 9.17) is 9.47 Å². The van der Waals surface area contributed by atoms with Crippen LogP contribution in [-0.2, 0) is 9.53 Å². The average Bonchev–Trinajstić information content (AvgIpc) is 3.45. The monoisotopic (exact) mass is 339 g/mol. The summed E-state index contributed by atoms with van der Waals surface area (Å²) < 4.78 is 11.0. The van der Waals surface area contributed by atoms with Gasteiger partial charge in [0.15, 0.2) is 0 Å². The van der Waals surface area contributed by atoms with Gasteiger partial charge in [0.05, 0.1) is 6.61 Å². The second-order valence-corrected chi connectivity index (χ2v) is 5.91. The minimum atomic E-state index is -0.982. The Morgan fingerprint density at radius 1 is 1.08 bits per heavy atom. The zero-order valence-electron chi connectivity index (χ0n) is 14.1. The molecular formula is C20H21NO4. The lowest BCUT2D eigenvalue weighted by Crippen LogP contribution is -2.33. The van der Waals surface area contributed by atoms with Crippen molar-refractivity contribution in [3.63, 3.8) is 0 Å². The molecule has 1 amide bonds. The number of ether oxygens (including phenoxy) is 2. The Balaban J connectivity index is 1.82. The molecule has 1 fully saturated rings. The third kappa shape index (κ3) is 4.38. The van der Waals surface area contributed by atoms with Crippen LogP contribution in [0.2, 0.25) is 0 Å². The molecule has 1 unspecified atom stereocenters. The van der Waals surface area contributed by atoms with Crippen molar-refractivity contribution in [2.24, 2.45) is 0 Å². The lowest BCUT2D eigenvalue weighted by atomic mass is 10.1. The summed E-state index contributed by atoms with van der Waals surface area (Å²) in [6.07, 6.45) is 0.951. The van der Waals surface area contributed by atoms with Gasteiger partial charge in [0.2, 0.25) is 6.10 Å². The van der Waals surface area contributed by atoms with E-state index in [0.29, 0.717) is 23.5 Å². The Morgan fingerprint density at radius 3 is 2.44 bits per heavy atom. The number of hydrogen-bond acceptors (Lipinski definition) is 4. The van der Waals surface area contributed by atoms with Gasteiger partial charge in [-0.2, -0.15) is 0 Å². The van der Waals surface area contributed by atoms with Gasteiger partial charge in [-0.1, -0.05) is 42.5 Å². The number of carbonyl (C=O) groups excluding carboxylic acids is 2. The Bertz CT molecular complexity index is 740. The second kappa shape index (κ2) is 7.83. The van der Waals surface area contributed by atoms with Gasteiger partial charge in [-0.3, -0.25) is 4.79 Å². The third-order valence-electron chi connectivity index (χ3n) is 3.90. The van der Waals surface area contributed by atoms with Crippen molar-refractivity contribution in [1.29, 1.82) is 0 Å². The maximum absolute atomic E-state index is 12.6. The molecule has 1 saturated carbocycles. The quantitative estimate of drug-likeness (QED) is 0.787. The van der Waals surface area contributed by atoms with E-state index in [1.165, 1.54) is 0 Å². The summed E-state index contributed by atoms with van der Waals surface area (Å²) in [5, 5.41) is 2.90. The Morgan fingerprint density at radius 2 is 1.76 bits per heavy atom. The number of nitrogens with one attached hydrogen (secondary N) is 1. The first-order valence-corrected chi connectivity index (χ1v) is 8.47. The van der Waals surface area contributed by atoms with Crippen LogP contribution in [0.4, 0.5) is 0 Å². The van der Waals surface area contributed by atoms with Gasteiger partial charge in [0, 0.05) is 11.6 Å². The van der Waals surface area contributed by atoms with Crippen LogP contribution in [-0.4, -0.2) is 24.5 Å². The predicted molar refractivity (Wildman–Crippen MR) is 93.4 cm³/mol. The fourth-order valence-corrected chi connectivity index (χ4v) is 2.49. The molecule has 0 bridgehead atoms. The topological polar surface area (TPSA) is 64.6 Å². The standard InChI is InChI=1S/C20H21NO4/c1-2-24-17-11-7-6-10-16(17)20(23)25-18(14-8-4-3-5-9-14)19(22)21-15-12-13-15/h3-11,15,18H,2,12-13H2,1H3,(H,21,22). The van der Waals surface area contributed by atoms with Crippen LogP contribution in [0.5, 0.6) is 5.75 Å². The van der Waals surface area contributed by atoms with E-state index in [9.17, 15) is 9.59 Å². The van der Waals surface area contributed by atoms with Crippen LogP contribution in [0.1, 0.15) is 41.8 Å². The highest BCUT2D eigenvalue weighted by Crippen LogP contribution is 2.26. The van der Waals surface area contributed by atoms with Gasteiger partial charge < -0.3 is 14.8 Å². The maximum Gasteiger partial charge on any atom is 0.343 e.